The lowest BCUT2D eigenvalue weighted by molar-refractivity contribution is 0.386. The average Bonchev–Trinajstić information content (AvgIpc) is 2.38. The van der Waals surface area contributed by atoms with E-state index < -0.39 is 6.04 Å². The molecule has 0 fully saturated rings. The Morgan fingerprint density at radius 2 is 2.00 bits per heavy atom. The molecule has 1 atom stereocenters. The quantitative estimate of drug-likeness (QED) is 0.858. The van der Waals surface area contributed by atoms with E-state index in [1.54, 1.807) is 19.5 Å². The maximum Gasteiger partial charge on any atom is 0.237 e. The Kier molecular flexibility index (Phi) is 3.30. The second kappa shape index (κ2) is 4.88. The molecular weight excluding hydrogens is 216 g/mol. The van der Waals surface area contributed by atoms with E-state index >= 15 is 0 Å². The van der Waals surface area contributed by atoms with Crippen LogP contribution >= 0.6 is 0 Å². The van der Waals surface area contributed by atoms with Crippen molar-refractivity contribution in [2.75, 3.05) is 7.11 Å². The van der Waals surface area contributed by atoms with Crippen molar-refractivity contribution in [2.24, 2.45) is 5.73 Å². The van der Waals surface area contributed by atoms with Crippen molar-refractivity contribution >= 4 is 0 Å². The lowest BCUT2D eigenvalue weighted by Gasteiger charge is -2.13. The summed E-state index contributed by atoms with van der Waals surface area (Å²) >= 11 is 0. The van der Waals surface area contributed by atoms with Crippen LogP contribution in [0.4, 0.5) is 0 Å². The van der Waals surface area contributed by atoms with Gasteiger partial charge in [0.05, 0.1) is 18.8 Å². The molecule has 88 valence electrons. The third-order valence-corrected chi connectivity index (χ3v) is 2.41. The summed E-state index contributed by atoms with van der Waals surface area (Å²) in [6, 6.07) is 5.27. The first-order valence-corrected chi connectivity index (χ1v) is 5.26. The Bertz CT molecular complexity index is 515. The highest BCUT2D eigenvalue weighted by atomic mass is 16.5. The number of aryl methyl sites for hydroxylation is 1. The first kappa shape index (κ1) is 11.5. The summed E-state index contributed by atoms with van der Waals surface area (Å²) in [4.78, 5) is 12.7. The zero-order valence-electron chi connectivity index (χ0n) is 9.79. The second-order valence-electron chi connectivity index (χ2n) is 3.63. The second-order valence-corrected chi connectivity index (χ2v) is 3.63. The van der Waals surface area contributed by atoms with Crippen LogP contribution in [0.2, 0.25) is 0 Å². The highest BCUT2D eigenvalue weighted by Gasteiger charge is 2.17. The van der Waals surface area contributed by atoms with Crippen LogP contribution in [0.3, 0.4) is 0 Å². The zero-order valence-corrected chi connectivity index (χ0v) is 9.79. The van der Waals surface area contributed by atoms with Gasteiger partial charge in [0.2, 0.25) is 5.88 Å². The fraction of sp³-hybridized carbons (Fsp3) is 0.250. The molecule has 1 unspecified atom stereocenters. The topological polar surface area (TPSA) is 73.9 Å². The Morgan fingerprint density at radius 1 is 1.24 bits per heavy atom. The van der Waals surface area contributed by atoms with E-state index in [0.717, 1.165) is 11.4 Å². The molecule has 2 N–H and O–H groups in total. The third-order valence-electron chi connectivity index (χ3n) is 2.41. The van der Waals surface area contributed by atoms with Crippen LogP contribution in [0.5, 0.6) is 5.88 Å². The molecule has 2 aromatic heterocycles. The monoisotopic (exact) mass is 230 g/mol. The van der Waals surface area contributed by atoms with Gasteiger partial charge in [0, 0.05) is 18.1 Å². The minimum atomic E-state index is -0.432. The van der Waals surface area contributed by atoms with E-state index in [4.69, 9.17) is 10.5 Å². The Balaban J connectivity index is 2.40. The number of ether oxygens (including phenoxy) is 1. The highest BCUT2D eigenvalue weighted by Crippen LogP contribution is 2.22. The summed E-state index contributed by atoms with van der Waals surface area (Å²) in [6.07, 6.45) is 3.16. The van der Waals surface area contributed by atoms with Crippen molar-refractivity contribution in [1.29, 1.82) is 0 Å². The largest absolute Gasteiger partial charge is 0.480 e. The molecular formula is C12H14N4O. The van der Waals surface area contributed by atoms with Crippen LogP contribution in [-0.2, 0) is 0 Å². The van der Waals surface area contributed by atoms with Crippen LogP contribution < -0.4 is 10.5 Å². The Hall–Kier alpha value is -2.01. The molecule has 5 heteroatoms. The van der Waals surface area contributed by atoms with Crippen LogP contribution in [0, 0.1) is 6.92 Å². The van der Waals surface area contributed by atoms with E-state index in [9.17, 15) is 0 Å². The fourth-order valence-corrected chi connectivity index (χ4v) is 1.58. The minimum Gasteiger partial charge on any atom is -0.480 e. The first-order chi connectivity index (χ1) is 8.22. The summed E-state index contributed by atoms with van der Waals surface area (Å²) in [5.74, 6) is 0.434. The molecule has 0 aliphatic carbocycles. The highest BCUT2D eigenvalue weighted by molar-refractivity contribution is 5.29. The first-order valence-electron chi connectivity index (χ1n) is 5.26. The molecule has 5 nitrogen and oxygen atoms in total. The number of hydrogen-bond acceptors (Lipinski definition) is 5. The lowest BCUT2D eigenvalue weighted by Crippen LogP contribution is -2.17. The van der Waals surface area contributed by atoms with Gasteiger partial charge in [-0.1, -0.05) is 6.07 Å². The number of hydrogen-bond donors (Lipinski definition) is 1. The van der Waals surface area contributed by atoms with Gasteiger partial charge in [-0.3, -0.25) is 9.97 Å². The summed E-state index contributed by atoms with van der Waals surface area (Å²) in [6.45, 7) is 1.92. The van der Waals surface area contributed by atoms with E-state index in [0.29, 0.717) is 11.6 Å². The molecule has 0 aromatic carbocycles. The van der Waals surface area contributed by atoms with Crippen molar-refractivity contribution in [2.45, 2.75) is 13.0 Å². The zero-order chi connectivity index (χ0) is 12.3. The molecule has 2 aromatic rings. The van der Waals surface area contributed by atoms with Gasteiger partial charge in [0.1, 0.15) is 5.69 Å². The molecule has 0 aliphatic heterocycles. The third kappa shape index (κ3) is 2.39. The number of rotatable bonds is 3. The molecule has 2 rings (SSSR count). The number of aromatic nitrogens is 3. The normalized spacial score (nSPS) is 12.2. The molecule has 0 radical (unpaired) electrons. The predicted molar refractivity (Wildman–Crippen MR) is 63.6 cm³/mol. The lowest BCUT2D eigenvalue weighted by atomic mass is 10.1. The van der Waals surface area contributed by atoms with Gasteiger partial charge in [0.25, 0.3) is 0 Å². The van der Waals surface area contributed by atoms with Crippen LogP contribution in [0.25, 0.3) is 0 Å². The smallest absolute Gasteiger partial charge is 0.237 e. The van der Waals surface area contributed by atoms with Gasteiger partial charge in [-0.05, 0) is 19.1 Å². The summed E-state index contributed by atoms with van der Waals surface area (Å²) in [5, 5.41) is 0. The van der Waals surface area contributed by atoms with Crippen molar-refractivity contribution < 1.29 is 4.74 Å². The number of nitrogens with zero attached hydrogens (tertiary/aromatic N) is 3. The van der Waals surface area contributed by atoms with E-state index in [1.165, 1.54) is 0 Å². The molecule has 2 heterocycles. The van der Waals surface area contributed by atoms with Gasteiger partial charge in [-0.2, -0.15) is 0 Å². The molecule has 0 saturated heterocycles. The maximum atomic E-state index is 6.12. The van der Waals surface area contributed by atoms with Gasteiger partial charge in [-0.25, -0.2) is 4.98 Å². The SMILES string of the molecule is COc1nccnc1C(N)c1cccc(C)n1. The maximum absolute atomic E-state index is 6.12. The summed E-state index contributed by atoms with van der Waals surface area (Å²) < 4.78 is 5.14. The van der Waals surface area contributed by atoms with Crippen molar-refractivity contribution in [3.05, 3.63) is 47.7 Å². The van der Waals surface area contributed by atoms with Gasteiger partial charge in [-0.15, -0.1) is 0 Å². The van der Waals surface area contributed by atoms with Gasteiger partial charge >= 0.3 is 0 Å². The van der Waals surface area contributed by atoms with Gasteiger partial charge < -0.3 is 10.5 Å². The summed E-state index contributed by atoms with van der Waals surface area (Å²) in [7, 11) is 1.55. The van der Waals surface area contributed by atoms with Crippen LogP contribution in [0.15, 0.2) is 30.6 Å². The predicted octanol–water partition coefficient (Wildman–Crippen LogP) is 1.24. The van der Waals surface area contributed by atoms with E-state index in [1.807, 2.05) is 25.1 Å². The number of pyridine rings is 1. The van der Waals surface area contributed by atoms with E-state index in [2.05, 4.69) is 15.0 Å². The number of nitrogens with two attached hydrogens (primary N) is 1. The van der Waals surface area contributed by atoms with Gasteiger partial charge in [0.15, 0.2) is 0 Å². The minimum absolute atomic E-state index is 0.432. The van der Waals surface area contributed by atoms with Crippen LogP contribution in [0.1, 0.15) is 23.1 Å². The number of methoxy groups -OCH3 is 1. The average molecular weight is 230 g/mol. The summed E-state index contributed by atoms with van der Waals surface area (Å²) in [5.41, 5.74) is 8.38. The van der Waals surface area contributed by atoms with Crippen LogP contribution in [-0.4, -0.2) is 22.1 Å². The fourth-order valence-electron chi connectivity index (χ4n) is 1.58. The molecule has 17 heavy (non-hydrogen) atoms. The Labute approximate surface area is 99.7 Å². The standard InChI is InChI=1S/C12H14N4O/c1-8-4-3-5-9(16-8)10(13)11-12(17-2)15-7-6-14-11/h3-7,10H,13H2,1-2H3. The molecule has 0 bridgehead atoms. The van der Waals surface area contributed by atoms with E-state index in [-0.39, 0.29) is 0 Å². The molecule has 0 spiro atoms. The van der Waals surface area contributed by atoms with Crippen molar-refractivity contribution in [3.63, 3.8) is 0 Å². The van der Waals surface area contributed by atoms with Crippen molar-refractivity contribution in [1.82, 2.24) is 15.0 Å². The molecule has 0 aliphatic rings. The Morgan fingerprint density at radius 3 is 2.71 bits per heavy atom. The molecule has 0 saturated carbocycles. The molecule has 0 amide bonds. The van der Waals surface area contributed by atoms with Crippen molar-refractivity contribution in [3.8, 4) is 5.88 Å².